The van der Waals surface area contributed by atoms with Crippen LogP contribution < -0.4 is 0 Å². The van der Waals surface area contributed by atoms with Crippen molar-refractivity contribution in [3.05, 3.63) is 35.9 Å². The van der Waals surface area contributed by atoms with Crippen molar-refractivity contribution in [2.24, 2.45) is 0 Å². The summed E-state index contributed by atoms with van der Waals surface area (Å²) in [5, 5.41) is 8.85. The Morgan fingerprint density at radius 2 is 1.53 bits per heavy atom. The summed E-state index contributed by atoms with van der Waals surface area (Å²) < 4.78 is 11.8. The third-order valence-corrected chi connectivity index (χ3v) is 4.72. The van der Waals surface area contributed by atoms with Gasteiger partial charge in [0.05, 0.1) is 0 Å². The molecule has 15 heavy (non-hydrogen) atoms. The molecule has 2 nitrogen and oxygen atoms in total. The molecule has 1 aromatic carbocycles. The lowest BCUT2D eigenvalue weighted by atomic mass is 10.1. The summed E-state index contributed by atoms with van der Waals surface area (Å²) in [7, 11) is -2.53. The molecule has 1 unspecified atom stereocenters. The normalized spacial score (nSPS) is 14.8. The summed E-state index contributed by atoms with van der Waals surface area (Å²) in [5.41, 5.74) is 0.711. The van der Waals surface area contributed by atoms with Crippen molar-refractivity contribution in [2.45, 2.75) is 26.1 Å². The van der Waals surface area contributed by atoms with Crippen LogP contribution in [0.15, 0.2) is 30.3 Å². The van der Waals surface area contributed by atoms with Crippen LogP contribution in [-0.2, 0) is 9.91 Å². The predicted octanol–water partition coefficient (Wildman–Crippen LogP) is 3.50. The zero-order chi connectivity index (χ0) is 12.1. The predicted molar refractivity (Wildman–Crippen MR) is 66.8 cm³/mol. The van der Waals surface area contributed by atoms with E-state index in [0.717, 1.165) is 0 Å². The molecule has 0 amide bonds. The Kier molecular flexibility index (Phi) is 5.27. The first-order chi connectivity index (χ1) is 6.86. The number of hydrogen-bond acceptors (Lipinski definition) is 2. The molecule has 0 spiro atoms. The van der Waals surface area contributed by atoms with Gasteiger partial charge in [0, 0.05) is 0 Å². The minimum atomic E-state index is -2.53. The maximum Gasteiger partial charge on any atom is 0.139 e. The molecule has 1 aromatic rings. The zero-order valence-electron chi connectivity index (χ0n) is 10.2. The molecule has 86 valence electrons. The minimum absolute atomic E-state index is 0.711. The third-order valence-electron chi connectivity index (χ3n) is 2.37. The molecule has 0 radical (unpaired) electrons. The Morgan fingerprint density at radius 1 is 1.13 bits per heavy atom. The molecule has 0 bridgehead atoms. The average Bonchev–Trinajstić information content (AvgIpc) is 2.20. The van der Waals surface area contributed by atoms with Crippen LogP contribution in [0.2, 0.25) is 0 Å². The van der Waals surface area contributed by atoms with E-state index in [-0.39, 0.29) is 0 Å². The Bertz CT molecular complexity index is 325. The standard InChI is InChI=1S/C10H15O2P.C2H6/c1-10(11,13(2,3)12)9-7-5-4-6-8-9;1-2/h4-8,11H,1-3H3;1-2H3. The van der Waals surface area contributed by atoms with E-state index >= 15 is 0 Å². The Balaban J connectivity index is 0.000000921. The van der Waals surface area contributed by atoms with Crippen molar-refractivity contribution in [3.63, 3.8) is 0 Å². The van der Waals surface area contributed by atoms with Crippen LogP contribution in [0.3, 0.4) is 0 Å². The van der Waals surface area contributed by atoms with Crippen LogP contribution in [0, 0.1) is 0 Å². The van der Waals surface area contributed by atoms with Gasteiger partial charge in [0.25, 0.3) is 0 Å². The molecule has 1 rings (SSSR count). The molecule has 3 heteroatoms. The van der Waals surface area contributed by atoms with Gasteiger partial charge in [0.15, 0.2) is 0 Å². The molecule has 0 saturated carbocycles. The maximum absolute atomic E-state index is 11.8. The second-order valence-corrected chi connectivity index (χ2v) is 7.31. The summed E-state index contributed by atoms with van der Waals surface area (Å²) in [5.74, 6) is 0. The van der Waals surface area contributed by atoms with Crippen molar-refractivity contribution in [3.8, 4) is 0 Å². The SMILES string of the molecule is CC.CC(O)(c1ccccc1)P(C)(C)=O. The second kappa shape index (κ2) is 5.48. The monoisotopic (exact) mass is 228 g/mol. The Labute approximate surface area is 92.7 Å². The van der Waals surface area contributed by atoms with E-state index in [4.69, 9.17) is 0 Å². The van der Waals surface area contributed by atoms with Crippen LogP contribution in [0.25, 0.3) is 0 Å². The Hall–Kier alpha value is -0.590. The first-order valence-corrected chi connectivity index (χ1v) is 7.79. The van der Waals surface area contributed by atoms with Gasteiger partial charge in [-0.15, -0.1) is 0 Å². The van der Waals surface area contributed by atoms with Crippen molar-refractivity contribution in [1.29, 1.82) is 0 Å². The highest BCUT2D eigenvalue weighted by Gasteiger charge is 2.35. The van der Waals surface area contributed by atoms with Gasteiger partial charge in [-0.1, -0.05) is 44.2 Å². The van der Waals surface area contributed by atoms with Crippen molar-refractivity contribution in [2.75, 3.05) is 13.3 Å². The quantitative estimate of drug-likeness (QED) is 0.786. The van der Waals surface area contributed by atoms with Gasteiger partial charge >= 0.3 is 0 Å². The maximum atomic E-state index is 11.8. The Morgan fingerprint density at radius 3 is 1.87 bits per heavy atom. The van der Waals surface area contributed by atoms with E-state index in [9.17, 15) is 9.67 Å². The van der Waals surface area contributed by atoms with E-state index in [1.807, 2.05) is 32.0 Å². The molecule has 0 heterocycles. The van der Waals surface area contributed by atoms with Crippen LogP contribution in [0.4, 0.5) is 0 Å². The first kappa shape index (κ1) is 14.4. The molecule has 0 aliphatic rings. The summed E-state index contributed by atoms with van der Waals surface area (Å²) >= 11 is 0. The van der Waals surface area contributed by atoms with E-state index in [0.29, 0.717) is 5.56 Å². The smallest absolute Gasteiger partial charge is 0.139 e. The second-order valence-electron chi connectivity index (χ2n) is 3.74. The molecule has 0 aromatic heterocycles. The summed E-state index contributed by atoms with van der Waals surface area (Å²) in [6.45, 7) is 8.79. The summed E-state index contributed by atoms with van der Waals surface area (Å²) in [4.78, 5) is 0. The minimum Gasteiger partial charge on any atom is -0.378 e. The lowest BCUT2D eigenvalue weighted by Gasteiger charge is -2.28. The van der Waals surface area contributed by atoms with Crippen molar-refractivity contribution < 1.29 is 9.67 Å². The van der Waals surface area contributed by atoms with Gasteiger partial charge in [-0.25, -0.2) is 0 Å². The fourth-order valence-corrected chi connectivity index (χ4v) is 1.84. The largest absolute Gasteiger partial charge is 0.378 e. The fourth-order valence-electron chi connectivity index (χ4n) is 1.06. The highest BCUT2D eigenvalue weighted by molar-refractivity contribution is 7.63. The molecule has 0 fully saturated rings. The lowest BCUT2D eigenvalue weighted by molar-refractivity contribution is 0.144. The van der Waals surface area contributed by atoms with Crippen LogP contribution in [0.1, 0.15) is 26.3 Å². The number of aliphatic hydroxyl groups is 1. The van der Waals surface area contributed by atoms with Crippen LogP contribution in [-0.4, -0.2) is 18.4 Å². The van der Waals surface area contributed by atoms with Gasteiger partial charge in [0.1, 0.15) is 12.5 Å². The van der Waals surface area contributed by atoms with Crippen LogP contribution >= 0.6 is 7.14 Å². The molecule has 0 saturated heterocycles. The highest BCUT2D eigenvalue weighted by Crippen LogP contribution is 2.55. The van der Waals surface area contributed by atoms with E-state index in [1.165, 1.54) is 0 Å². The number of benzene rings is 1. The summed E-state index contributed by atoms with van der Waals surface area (Å²) in [6, 6.07) is 9.12. The van der Waals surface area contributed by atoms with E-state index in [1.54, 1.807) is 32.4 Å². The number of rotatable bonds is 2. The van der Waals surface area contributed by atoms with Crippen molar-refractivity contribution in [1.82, 2.24) is 0 Å². The van der Waals surface area contributed by atoms with Crippen molar-refractivity contribution >= 4 is 7.14 Å². The van der Waals surface area contributed by atoms with E-state index in [2.05, 4.69) is 0 Å². The summed E-state index contributed by atoms with van der Waals surface area (Å²) in [6.07, 6.45) is 0. The van der Waals surface area contributed by atoms with Gasteiger partial charge < -0.3 is 9.67 Å². The molecule has 0 aliphatic heterocycles. The molecule has 1 atom stereocenters. The topological polar surface area (TPSA) is 37.3 Å². The van der Waals surface area contributed by atoms with E-state index < -0.39 is 12.5 Å². The molecule has 0 aliphatic carbocycles. The van der Waals surface area contributed by atoms with Gasteiger partial charge in [-0.05, 0) is 25.8 Å². The van der Waals surface area contributed by atoms with Crippen LogP contribution in [0.5, 0.6) is 0 Å². The molecular formula is C12H21O2P. The first-order valence-electron chi connectivity index (χ1n) is 5.18. The molecule has 1 N–H and O–H groups in total. The van der Waals surface area contributed by atoms with Gasteiger partial charge in [0.2, 0.25) is 0 Å². The fraction of sp³-hybridized carbons (Fsp3) is 0.500. The average molecular weight is 228 g/mol. The zero-order valence-corrected chi connectivity index (χ0v) is 11.1. The van der Waals surface area contributed by atoms with Gasteiger partial charge in [-0.2, -0.15) is 0 Å². The third kappa shape index (κ3) is 3.48. The number of hydrogen-bond donors (Lipinski definition) is 1. The molecular weight excluding hydrogens is 207 g/mol. The van der Waals surface area contributed by atoms with Gasteiger partial charge in [-0.3, -0.25) is 0 Å². The highest BCUT2D eigenvalue weighted by atomic mass is 31.2. The lowest BCUT2D eigenvalue weighted by Crippen LogP contribution is -2.20.